The van der Waals surface area contributed by atoms with Crippen LogP contribution >= 0.6 is 0 Å². The number of hydrogen-bond acceptors (Lipinski definition) is 2. The normalized spacial score (nSPS) is 14.2. The number of rotatable bonds is 2. The molecule has 1 aromatic rings. The van der Waals surface area contributed by atoms with Gasteiger partial charge in [0, 0.05) is 12.4 Å². The molecule has 0 aliphatic carbocycles. The van der Waals surface area contributed by atoms with Crippen molar-refractivity contribution in [3.05, 3.63) is 30.1 Å². The first kappa shape index (κ1) is 10.2. The zero-order valence-electron chi connectivity index (χ0n) is 8.49. The molecule has 0 amide bonds. The molecule has 0 aliphatic heterocycles. The van der Waals surface area contributed by atoms with Crippen LogP contribution in [0.15, 0.2) is 24.5 Å². The average molecular weight is 179 g/mol. The van der Waals surface area contributed by atoms with Crippen molar-refractivity contribution in [1.29, 1.82) is 0 Å². The Morgan fingerprint density at radius 2 is 2.15 bits per heavy atom. The van der Waals surface area contributed by atoms with E-state index in [0.717, 1.165) is 12.0 Å². The van der Waals surface area contributed by atoms with Gasteiger partial charge in [-0.3, -0.25) is 4.98 Å². The van der Waals surface area contributed by atoms with E-state index in [0.29, 0.717) is 0 Å². The molecule has 0 spiro atoms. The van der Waals surface area contributed by atoms with Gasteiger partial charge in [0.05, 0.1) is 6.10 Å². The zero-order valence-corrected chi connectivity index (χ0v) is 8.49. The summed E-state index contributed by atoms with van der Waals surface area (Å²) < 4.78 is 0. The summed E-state index contributed by atoms with van der Waals surface area (Å²) in [7, 11) is 0. The van der Waals surface area contributed by atoms with E-state index >= 15 is 0 Å². The second kappa shape index (κ2) is 3.88. The first-order valence-corrected chi connectivity index (χ1v) is 4.57. The van der Waals surface area contributed by atoms with Crippen molar-refractivity contribution < 1.29 is 5.11 Å². The topological polar surface area (TPSA) is 33.1 Å². The fourth-order valence-electron chi connectivity index (χ4n) is 1.27. The monoisotopic (exact) mass is 179 g/mol. The molecule has 13 heavy (non-hydrogen) atoms. The molecule has 1 N–H and O–H groups in total. The lowest BCUT2D eigenvalue weighted by molar-refractivity contribution is 0.122. The van der Waals surface area contributed by atoms with Crippen molar-refractivity contribution in [2.24, 2.45) is 5.41 Å². The Kier molecular flexibility index (Phi) is 3.04. The number of nitrogens with zero attached hydrogens (tertiary/aromatic N) is 1. The molecule has 0 unspecified atom stereocenters. The van der Waals surface area contributed by atoms with Crippen LogP contribution in [-0.4, -0.2) is 10.1 Å². The molecule has 1 heterocycles. The number of aliphatic hydroxyl groups is 1. The molecular formula is C11H17NO. The standard InChI is InChI=1S/C11H17NO/c1-11(2,3)7-10(13)9-5-4-6-12-8-9/h4-6,8,10,13H,7H2,1-3H3/t10-/m1/s1. The minimum Gasteiger partial charge on any atom is -0.388 e. The van der Waals surface area contributed by atoms with Gasteiger partial charge in [-0.2, -0.15) is 0 Å². The van der Waals surface area contributed by atoms with Crippen LogP contribution in [0, 0.1) is 5.41 Å². The van der Waals surface area contributed by atoms with E-state index in [1.165, 1.54) is 0 Å². The SMILES string of the molecule is CC(C)(C)C[C@@H](O)c1cccnc1. The second-order valence-electron chi connectivity index (χ2n) is 4.57. The third kappa shape index (κ3) is 3.55. The largest absolute Gasteiger partial charge is 0.388 e. The van der Waals surface area contributed by atoms with E-state index in [4.69, 9.17) is 0 Å². The molecule has 2 nitrogen and oxygen atoms in total. The Morgan fingerprint density at radius 1 is 1.46 bits per heavy atom. The molecule has 1 aromatic heterocycles. The first-order valence-electron chi connectivity index (χ1n) is 4.57. The van der Waals surface area contributed by atoms with Gasteiger partial charge in [-0.1, -0.05) is 26.8 Å². The molecule has 0 aliphatic rings. The lowest BCUT2D eigenvalue weighted by Gasteiger charge is -2.22. The van der Waals surface area contributed by atoms with Crippen molar-refractivity contribution in [2.75, 3.05) is 0 Å². The molecular weight excluding hydrogens is 162 g/mol. The number of hydrogen-bond donors (Lipinski definition) is 1. The van der Waals surface area contributed by atoms with Crippen LogP contribution in [0.25, 0.3) is 0 Å². The predicted molar refractivity (Wildman–Crippen MR) is 53.3 cm³/mol. The van der Waals surface area contributed by atoms with Gasteiger partial charge >= 0.3 is 0 Å². The van der Waals surface area contributed by atoms with Gasteiger partial charge in [0.15, 0.2) is 0 Å². The Bertz CT molecular complexity index is 251. The summed E-state index contributed by atoms with van der Waals surface area (Å²) in [4.78, 5) is 3.98. The molecule has 0 fully saturated rings. The quantitative estimate of drug-likeness (QED) is 0.756. The number of aliphatic hydroxyl groups excluding tert-OH is 1. The summed E-state index contributed by atoms with van der Waals surface area (Å²) in [6, 6.07) is 3.75. The maximum atomic E-state index is 9.82. The molecule has 0 saturated heterocycles. The summed E-state index contributed by atoms with van der Waals surface area (Å²) in [5, 5.41) is 9.82. The van der Waals surface area contributed by atoms with Crippen molar-refractivity contribution in [2.45, 2.75) is 33.3 Å². The summed E-state index contributed by atoms with van der Waals surface area (Å²) in [6.45, 7) is 6.35. The minimum absolute atomic E-state index is 0.148. The number of aromatic nitrogens is 1. The van der Waals surface area contributed by atoms with Crippen LogP contribution in [0.2, 0.25) is 0 Å². The van der Waals surface area contributed by atoms with E-state index in [9.17, 15) is 5.11 Å². The molecule has 0 saturated carbocycles. The number of pyridine rings is 1. The molecule has 72 valence electrons. The van der Waals surface area contributed by atoms with E-state index < -0.39 is 6.10 Å². The fraction of sp³-hybridized carbons (Fsp3) is 0.545. The van der Waals surface area contributed by atoms with Gasteiger partial charge < -0.3 is 5.11 Å². The summed E-state index contributed by atoms with van der Waals surface area (Å²) in [5.74, 6) is 0. The van der Waals surface area contributed by atoms with E-state index in [1.54, 1.807) is 12.4 Å². The van der Waals surface area contributed by atoms with Crippen molar-refractivity contribution >= 4 is 0 Å². The van der Waals surface area contributed by atoms with Crippen molar-refractivity contribution in [3.63, 3.8) is 0 Å². The molecule has 0 aromatic carbocycles. The Balaban J connectivity index is 2.64. The van der Waals surface area contributed by atoms with E-state index in [-0.39, 0.29) is 5.41 Å². The maximum absolute atomic E-state index is 9.82. The minimum atomic E-state index is -0.395. The van der Waals surface area contributed by atoms with E-state index in [2.05, 4.69) is 25.8 Å². The first-order chi connectivity index (χ1) is 5.99. The van der Waals surface area contributed by atoms with Gasteiger partial charge in [-0.05, 0) is 23.5 Å². The lowest BCUT2D eigenvalue weighted by atomic mass is 9.87. The highest BCUT2D eigenvalue weighted by atomic mass is 16.3. The molecule has 1 rings (SSSR count). The average Bonchev–Trinajstić information content (AvgIpc) is 2.03. The van der Waals surface area contributed by atoms with Gasteiger partial charge in [-0.15, -0.1) is 0 Å². The molecule has 1 atom stereocenters. The third-order valence-electron chi connectivity index (χ3n) is 1.87. The van der Waals surface area contributed by atoms with Gasteiger partial charge in [0.25, 0.3) is 0 Å². The highest BCUT2D eigenvalue weighted by Gasteiger charge is 2.17. The second-order valence-corrected chi connectivity index (χ2v) is 4.57. The smallest absolute Gasteiger partial charge is 0.0809 e. The van der Waals surface area contributed by atoms with Crippen LogP contribution < -0.4 is 0 Å². The predicted octanol–water partition coefficient (Wildman–Crippen LogP) is 2.55. The van der Waals surface area contributed by atoms with Gasteiger partial charge in [0.2, 0.25) is 0 Å². The zero-order chi connectivity index (χ0) is 9.90. The van der Waals surface area contributed by atoms with Gasteiger partial charge in [0.1, 0.15) is 0 Å². The van der Waals surface area contributed by atoms with E-state index in [1.807, 2.05) is 12.1 Å². The maximum Gasteiger partial charge on any atom is 0.0809 e. The highest BCUT2D eigenvalue weighted by Crippen LogP contribution is 2.28. The Hall–Kier alpha value is -0.890. The Morgan fingerprint density at radius 3 is 2.62 bits per heavy atom. The van der Waals surface area contributed by atoms with Crippen LogP contribution in [0.1, 0.15) is 38.9 Å². The van der Waals surface area contributed by atoms with Crippen LogP contribution in [0.3, 0.4) is 0 Å². The van der Waals surface area contributed by atoms with Crippen LogP contribution in [0.5, 0.6) is 0 Å². The lowest BCUT2D eigenvalue weighted by Crippen LogP contribution is -2.11. The van der Waals surface area contributed by atoms with Crippen molar-refractivity contribution in [1.82, 2.24) is 4.98 Å². The van der Waals surface area contributed by atoms with Crippen LogP contribution in [-0.2, 0) is 0 Å². The summed E-state index contributed by atoms with van der Waals surface area (Å²) in [5.41, 5.74) is 1.05. The fourth-order valence-corrected chi connectivity index (χ4v) is 1.27. The van der Waals surface area contributed by atoms with Gasteiger partial charge in [-0.25, -0.2) is 0 Å². The molecule has 2 heteroatoms. The third-order valence-corrected chi connectivity index (χ3v) is 1.87. The molecule has 0 bridgehead atoms. The van der Waals surface area contributed by atoms with Crippen molar-refractivity contribution in [3.8, 4) is 0 Å². The summed E-state index contributed by atoms with van der Waals surface area (Å²) >= 11 is 0. The van der Waals surface area contributed by atoms with Crippen LogP contribution in [0.4, 0.5) is 0 Å². The summed E-state index contributed by atoms with van der Waals surface area (Å²) in [6.07, 6.45) is 3.80. The molecule has 0 radical (unpaired) electrons. The Labute approximate surface area is 79.6 Å². The highest BCUT2D eigenvalue weighted by molar-refractivity contribution is 5.11.